The van der Waals surface area contributed by atoms with Crippen molar-refractivity contribution < 1.29 is 14.1 Å². The van der Waals surface area contributed by atoms with Gasteiger partial charge in [-0.15, -0.1) is 0 Å². The summed E-state index contributed by atoms with van der Waals surface area (Å²) >= 11 is 0. The number of ether oxygens (including phenoxy) is 1. The molecule has 44 heavy (non-hydrogen) atoms. The molecule has 4 nitrogen and oxygen atoms in total. The number of nitrogens with zero attached hydrogens (tertiary/aromatic N) is 1. The van der Waals surface area contributed by atoms with Crippen LogP contribution in [0.4, 0.5) is 5.69 Å². The molecular formula is C40H59N2O2+. The highest BCUT2D eigenvalue weighted by atomic mass is 16.5. The summed E-state index contributed by atoms with van der Waals surface area (Å²) in [6.07, 6.45) is 23.5. The van der Waals surface area contributed by atoms with Crippen molar-refractivity contribution in [3.05, 3.63) is 89.7 Å². The summed E-state index contributed by atoms with van der Waals surface area (Å²) in [6, 6.07) is 20.4. The Bertz CT molecular complexity index is 1200. The predicted molar refractivity (Wildman–Crippen MR) is 185 cm³/mol. The minimum Gasteiger partial charge on any atom is -0.493 e. The largest absolute Gasteiger partial charge is 0.493 e. The Morgan fingerprint density at radius 1 is 0.705 bits per heavy atom. The second-order valence-electron chi connectivity index (χ2n) is 13.5. The molecule has 1 N–H and O–H groups in total. The summed E-state index contributed by atoms with van der Waals surface area (Å²) in [5, 5.41) is 3.06. The van der Waals surface area contributed by atoms with Gasteiger partial charge in [-0.3, -0.25) is 4.79 Å². The maximum atomic E-state index is 12.9. The van der Waals surface area contributed by atoms with E-state index < -0.39 is 0 Å². The number of amides is 1. The van der Waals surface area contributed by atoms with Crippen molar-refractivity contribution in [1.29, 1.82) is 0 Å². The molecule has 0 spiro atoms. The van der Waals surface area contributed by atoms with E-state index >= 15 is 0 Å². The fraction of sp³-hybridized carbons (Fsp3) is 0.550. The van der Waals surface area contributed by atoms with Crippen LogP contribution in [0.3, 0.4) is 0 Å². The van der Waals surface area contributed by atoms with E-state index in [4.69, 9.17) is 4.74 Å². The van der Waals surface area contributed by atoms with Crippen molar-refractivity contribution >= 4 is 11.6 Å². The molecule has 0 aliphatic carbocycles. The van der Waals surface area contributed by atoms with Crippen LogP contribution in [-0.2, 0) is 23.2 Å². The summed E-state index contributed by atoms with van der Waals surface area (Å²) in [5.74, 6) is 0.939. The van der Waals surface area contributed by atoms with Gasteiger partial charge in [0.05, 0.1) is 13.0 Å². The van der Waals surface area contributed by atoms with E-state index in [1.165, 1.54) is 89.0 Å². The number of hydrogen-bond donors (Lipinski definition) is 1. The lowest BCUT2D eigenvalue weighted by Crippen LogP contribution is -2.32. The number of carbonyl (C=O) groups is 1. The first-order chi connectivity index (χ1) is 21.3. The number of hydrogen-bond acceptors (Lipinski definition) is 2. The van der Waals surface area contributed by atoms with Gasteiger partial charge in [-0.25, -0.2) is 4.57 Å². The van der Waals surface area contributed by atoms with Crippen LogP contribution in [0.15, 0.2) is 73.1 Å². The molecule has 1 amide bonds. The molecule has 0 aliphatic heterocycles. The third kappa shape index (κ3) is 14.1. The zero-order chi connectivity index (χ0) is 31.5. The normalized spacial score (nSPS) is 11.5. The molecule has 0 fully saturated rings. The Hall–Kier alpha value is -3.14. The first kappa shape index (κ1) is 35.3. The third-order valence-electron chi connectivity index (χ3n) is 8.35. The highest BCUT2D eigenvalue weighted by molar-refractivity contribution is 5.92. The van der Waals surface area contributed by atoms with Gasteiger partial charge in [0.25, 0.3) is 0 Å². The Balaban J connectivity index is 1.34. The Labute approximate surface area is 268 Å². The highest BCUT2D eigenvalue weighted by Crippen LogP contribution is 2.32. The lowest BCUT2D eigenvalue weighted by atomic mass is 9.85. The van der Waals surface area contributed by atoms with Crippen LogP contribution in [0.25, 0.3) is 0 Å². The van der Waals surface area contributed by atoms with Crippen molar-refractivity contribution in [3.8, 4) is 5.75 Å². The van der Waals surface area contributed by atoms with Gasteiger partial charge in [0.2, 0.25) is 5.91 Å². The Kier molecular flexibility index (Phi) is 16.1. The van der Waals surface area contributed by atoms with Crippen LogP contribution < -0.4 is 14.6 Å². The third-order valence-corrected chi connectivity index (χ3v) is 8.35. The second-order valence-corrected chi connectivity index (χ2v) is 13.5. The van der Waals surface area contributed by atoms with Gasteiger partial charge in [-0.05, 0) is 41.2 Å². The second kappa shape index (κ2) is 20.0. The van der Waals surface area contributed by atoms with Gasteiger partial charge in [-0.2, -0.15) is 0 Å². The van der Waals surface area contributed by atoms with Crippen molar-refractivity contribution in [2.24, 2.45) is 0 Å². The molecule has 4 heteroatoms. The van der Waals surface area contributed by atoms with Gasteiger partial charge in [-0.1, -0.05) is 141 Å². The first-order valence-corrected chi connectivity index (χ1v) is 17.4. The zero-order valence-corrected chi connectivity index (χ0v) is 28.2. The maximum absolute atomic E-state index is 12.9. The molecule has 0 bridgehead atoms. The van der Waals surface area contributed by atoms with Crippen LogP contribution in [0.1, 0.15) is 134 Å². The summed E-state index contributed by atoms with van der Waals surface area (Å²) in [6.45, 7) is 10.5. The van der Waals surface area contributed by atoms with Gasteiger partial charge in [0.15, 0.2) is 18.9 Å². The molecule has 3 rings (SSSR count). The number of anilines is 1. The van der Waals surface area contributed by atoms with Crippen LogP contribution >= 0.6 is 0 Å². The summed E-state index contributed by atoms with van der Waals surface area (Å²) in [5.41, 5.74) is 4.12. The fourth-order valence-corrected chi connectivity index (χ4v) is 5.71. The van der Waals surface area contributed by atoms with E-state index in [0.717, 1.165) is 42.1 Å². The van der Waals surface area contributed by atoms with Gasteiger partial charge < -0.3 is 10.1 Å². The highest BCUT2D eigenvalue weighted by Gasteiger charge is 2.20. The van der Waals surface area contributed by atoms with Gasteiger partial charge >= 0.3 is 0 Å². The van der Waals surface area contributed by atoms with Gasteiger partial charge in [0.1, 0.15) is 5.75 Å². The lowest BCUT2D eigenvalue weighted by Gasteiger charge is -2.24. The quantitative estimate of drug-likeness (QED) is 0.0978. The number of benzene rings is 2. The summed E-state index contributed by atoms with van der Waals surface area (Å²) < 4.78 is 8.41. The summed E-state index contributed by atoms with van der Waals surface area (Å²) in [4.78, 5) is 12.9. The average Bonchev–Trinajstić information content (AvgIpc) is 3.00. The molecule has 0 unspecified atom stereocenters. The van der Waals surface area contributed by atoms with E-state index in [9.17, 15) is 4.79 Å². The van der Waals surface area contributed by atoms with Crippen LogP contribution in [-0.4, -0.2) is 12.5 Å². The Morgan fingerprint density at radius 2 is 1.25 bits per heavy atom. The number of carbonyl (C=O) groups excluding carboxylic acids is 1. The molecule has 2 aromatic carbocycles. The Morgan fingerprint density at radius 3 is 1.82 bits per heavy atom. The maximum Gasteiger partial charge on any atom is 0.228 e. The number of unbranched alkanes of at least 4 members (excludes halogenated alkanes) is 13. The molecule has 0 atom stereocenters. The van der Waals surface area contributed by atoms with Crippen molar-refractivity contribution in [3.63, 3.8) is 0 Å². The molecule has 0 saturated heterocycles. The van der Waals surface area contributed by atoms with Crippen LogP contribution in [0.5, 0.6) is 5.75 Å². The van der Waals surface area contributed by atoms with E-state index in [0.29, 0.717) is 6.42 Å². The molecule has 0 aliphatic rings. The van der Waals surface area contributed by atoms with E-state index in [1.54, 1.807) is 0 Å². The average molecular weight is 600 g/mol. The number of pyridine rings is 1. The van der Waals surface area contributed by atoms with Crippen LogP contribution in [0.2, 0.25) is 0 Å². The standard InChI is InChI=1S/C40H58N2O2/c1-5-6-7-8-9-10-11-12-13-14-15-16-17-21-30-44-38-27-24-35(31-37(38)40(2,3)4)32-39(43)41-36-25-22-34(23-26-36)33-42-28-19-18-20-29-42/h18-20,22-29,31H,5-17,21,30,32-33H2,1-4H3/p+1. The van der Waals surface area contributed by atoms with Crippen molar-refractivity contribution in [2.45, 2.75) is 136 Å². The topological polar surface area (TPSA) is 42.2 Å². The van der Waals surface area contributed by atoms with Crippen molar-refractivity contribution in [1.82, 2.24) is 0 Å². The van der Waals surface area contributed by atoms with E-state index in [-0.39, 0.29) is 11.3 Å². The van der Waals surface area contributed by atoms with E-state index in [1.807, 2.05) is 36.4 Å². The minimum absolute atomic E-state index is 0.00822. The molecule has 0 saturated carbocycles. The number of rotatable bonds is 21. The zero-order valence-electron chi connectivity index (χ0n) is 28.2. The molecule has 1 aromatic heterocycles. The van der Waals surface area contributed by atoms with Gasteiger partial charge in [0, 0.05) is 23.4 Å². The van der Waals surface area contributed by atoms with Crippen LogP contribution in [0, 0.1) is 0 Å². The number of nitrogens with one attached hydrogen (secondary N) is 1. The SMILES string of the molecule is CCCCCCCCCCCCCCCCOc1ccc(CC(=O)Nc2ccc(C[n+]3ccccc3)cc2)cc1C(C)(C)C. The fourth-order valence-electron chi connectivity index (χ4n) is 5.71. The molecule has 3 aromatic rings. The minimum atomic E-state index is -0.0656. The molecule has 1 heterocycles. The smallest absolute Gasteiger partial charge is 0.228 e. The summed E-state index contributed by atoms with van der Waals surface area (Å²) in [7, 11) is 0. The first-order valence-electron chi connectivity index (χ1n) is 17.4. The molecule has 0 radical (unpaired) electrons. The van der Waals surface area contributed by atoms with E-state index in [2.05, 4.69) is 74.2 Å². The lowest BCUT2D eigenvalue weighted by molar-refractivity contribution is -0.688. The molecule has 240 valence electrons. The predicted octanol–water partition coefficient (Wildman–Crippen LogP) is 10.4. The van der Waals surface area contributed by atoms with Crippen molar-refractivity contribution in [2.75, 3.05) is 11.9 Å². The molecular weight excluding hydrogens is 540 g/mol. The number of aromatic nitrogens is 1. The monoisotopic (exact) mass is 599 g/mol.